The molecule has 1 fully saturated rings. The van der Waals surface area contributed by atoms with E-state index < -0.39 is 5.92 Å². The van der Waals surface area contributed by atoms with Crippen LogP contribution in [0.15, 0.2) is 72.9 Å². The SMILES string of the molecule is O=C1C[C@H](c2c[nH]c3ccccc23)C(=O)N1c1ccc2ccccc2c1. The predicted octanol–water partition coefficient (Wildman–Crippen LogP) is 4.37. The molecular weight excluding hydrogens is 324 g/mol. The van der Waals surface area contributed by atoms with E-state index in [1.165, 1.54) is 4.90 Å². The minimum absolute atomic E-state index is 0.152. The minimum atomic E-state index is -0.440. The monoisotopic (exact) mass is 340 g/mol. The maximum absolute atomic E-state index is 13.1. The van der Waals surface area contributed by atoms with Crippen LogP contribution in [0, 0.1) is 0 Å². The summed E-state index contributed by atoms with van der Waals surface area (Å²) < 4.78 is 0. The number of rotatable bonds is 2. The number of nitrogens with zero attached hydrogens (tertiary/aromatic N) is 1. The number of imide groups is 1. The summed E-state index contributed by atoms with van der Waals surface area (Å²) in [7, 11) is 0. The lowest BCUT2D eigenvalue weighted by Gasteiger charge is -2.15. The zero-order chi connectivity index (χ0) is 17.7. The Hall–Kier alpha value is -3.40. The van der Waals surface area contributed by atoms with Gasteiger partial charge < -0.3 is 4.98 Å². The van der Waals surface area contributed by atoms with Crippen LogP contribution in [0.3, 0.4) is 0 Å². The van der Waals surface area contributed by atoms with E-state index in [1.54, 1.807) is 0 Å². The molecule has 0 spiro atoms. The second-order valence-electron chi connectivity index (χ2n) is 6.65. The third-order valence-electron chi connectivity index (χ3n) is 5.13. The van der Waals surface area contributed by atoms with Crippen molar-refractivity contribution in [3.05, 3.63) is 78.5 Å². The first-order chi connectivity index (χ1) is 12.7. The molecule has 1 aliphatic rings. The zero-order valence-corrected chi connectivity index (χ0v) is 14.0. The Balaban J connectivity index is 1.56. The Labute approximate surface area is 150 Å². The quantitative estimate of drug-likeness (QED) is 0.551. The van der Waals surface area contributed by atoms with Gasteiger partial charge in [-0.2, -0.15) is 0 Å². The van der Waals surface area contributed by atoms with Crippen molar-refractivity contribution in [2.75, 3.05) is 4.90 Å². The molecule has 2 amide bonds. The average Bonchev–Trinajstić information content (AvgIpc) is 3.22. The summed E-state index contributed by atoms with van der Waals surface area (Å²) >= 11 is 0. The fraction of sp³-hybridized carbons (Fsp3) is 0.0909. The number of hydrogen-bond donors (Lipinski definition) is 1. The smallest absolute Gasteiger partial charge is 0.241 e. The van der Waals surface area contributed by atoms with Crippen molar-refractivity contribution in [1.29, 1.82) is 0 Å². The van der Waals surface area contributed by atoms with Crippen LogP contribution in [0.5, 0.6) is 0 Å². The average molecular weight is 340 g/mol. The largest absolute Gasteiger partial charge is 0.361 e. The number of aromatic nitrogens is 1. The standard InChI is InChI=1S/C22H16N2O2/c25-21-12-18(19-13-23-20-8-4-3-7-17(19)20)22(26)24(21)16-10-9-14-5-1-2-6-15(14)11-16/h1-11,13,18,23H,12H2/t18-/m1/s1. The molecule has 0 saturated carbocycles. The lowest BCUT2D eigenvalue weighted by atomic mass is 9.97. The van der Waals surface area contributed by atoms with Crippen molar-refractivity contribution in [2.45, 2.75) is 12.3 Å². The van der Waals surface area contributed by atoms with Crippen LogP contribution < -0.4 is 4.90 Å². The molecule has 0 radical (unpaired) electrons. The van der Waals surface area contributed by atoms with E-state index in [0.29, 0.717) is 5.69 Å². The number of fused-ring (bicyclic) bond motifs is 2. The molecule has 1 N–H and O–H groups in total. The molecule has 126 valence electrons. The normalized spacial score (nSPS) is 17.5. The van der Waals surface area contributed by atoms with Crippen molar-refractivity contribution in [2.24, 2.45) is 0 Å². The highest BCUT2D eigenvalue weighted by atomic mass is 16.2. The number of H-pyrrole nitrogens is 1. The molecule has 4 aromatic rings. The molecule has 1 atom stereocenters. The van der Waals surface area contributed by atoms with Crippen LogP contribution in [0.1, 0.15) is 17.9 Å². The van der Waals surface area contributed by atoms with Gasteiger partial charge in [0.25, 0.3) is 0 Å². The van der Waals surface area contributed by atoms with Crippen molar-refractivity contribution >= 4 is 39.2 Å². The molecule has 3 aromatic carbocycles. The van der Waals surface area contributed by atoms with Gasteiger partial charge in [0, 0.05) is 23.5 Å². The van der Waals surface area contributed by atoms with Crippen molar-refractivity contribution < 1.29 is 9.59 Å². The third kappa shape index (κ3) is 2.15. The van der Waals surface area contributed by atoms with E-state index >= 15 is 0 Å². The molecule has 4 heteroatoms. The summed E-state index contributed by atoms with van der Waals surface area (Å²) in [4.78, 5) is 30.3. The molecule has 5 rings (SSSR count). The van der Waals surface area contributed by atoms with Gasteiger partial charge in [0.05, 0.1) is 11.6 Å². The fourth-order valence-corrected chi connectivity index (χ4v) is 3.84. The van der Waals surface area contributed by atoms with Crippen LogP contribution in [-0.4, -0.2) is 16.8 Å². The Kier molecular flexibility index (Phi) is 3.19. The topological polar surface area (TPSA) is 53.2 Å². The van der Waals surface area contributed by atoms with Crippen LogP contribution >= 0.6 is 0 Å². The molecule has 1 saturated heterocycles. The minimum Gasteiger partial charge on any atom is -0.361 e. The van der Waals surface area contributed by atoms with E-state index in [1.807, 2.05) is 72.9 Å². The van der Waals surface area contributed by atoms with Crippen molar-refractivity contribution in [3.8, 4) is 0 Å². The van der Waals surface area contributed by atoms with Gasteiger partial charge in [-0.3, -0.25) is 9.59 Å². The molecule has 26 heavy (non-hydrogen) atoms. The number of aromatic amines is 1. The summed E-state index contributed by atoms with van der Waals surface area (Å²) in [6.45, 7) is 0. The Morgan fingerprint density at radius 1 is 0.885 bits per heavy atom. The summed E-state index contributed by atoms with van der Waals surface area (Å²) in [5, 5.41) is 3.10. The maximum atomic E-state index is 13.1. The van der Waals surface area contributed by atoms with Crippen LogP contribution in [0.25, 0.3) is 21.7 Å². The number of carbonyl (C=O) groups excluding carboxylic acids is 2. The van der Waals surface area contributed by atoms with E-state index in [-0.39, 0.29) is 18.2 Å². The lowest BCUT2D eigenvalue weighted by Crippen LogP contribution is -2.29. The van der Waals surface area contributed by atoms with Gasteiger partial charge in [-0.1, -0.05) is 48.5 Å². The Bertz CT molecular complexity index is 1170. The van der Waals surface area contributed by atoms with Gasteiger partial charge in [-0.15, -0.1) is 0 Å². The molecule has 4 nitrogen and oxygen atoms in total. The number of anilines is 1. The van der Waals surface area contributed by atoms with Crippen molar-refractivity contribution in [1.82, 2.24) is 4.98 Å². The number of carbonyl (C=O) groups is 2. The number of hydrogen-bond acceptors (Lipinski definition) is 2. The highest BCUT2D eigenvalue weighted by Crippen LogP contribution is 2.37. The molecule has 1 aromatic heterocycles. The Morgan fingerprint density at radius 3 is 2.54 bits per heavy atom. The van der Waals surface area contributed by atoms with Gasteiger partial charge in [-0.05, 0) is 34.5 Å². The van der Waals surface area contributed by atoms with Gasteiger partial charge in [0.1, 0.15) is 0 Å². The Morgan fingerprint density at radius 2 is 1.65 bits per heavy atom. The summed E-state index contributed by atoms with van der Waals surface area (Å²) in [5.74, 6) is -0.749. The van der Waals surface area contributed by atoms with E-state index in [4.69, 9.17) is 0 Å². The van der Waals surface area contributed by atoms with Gasteiger partial charge in [-0.25, -0.2) is 4.90 Å². The number of amides is 2. The summed E-state index contributed by atoms with van der Waals surface area (Å²) in [6, 6.07) is 21.5. The molecule has 0 bridgehead atoms. The van der Waals surface area contributed by atoms with Crippen molar-refractivity contribution in [3.63, 3.8) is 0 Å². The molecule has 0 unspecified atom stereocenters. The number of benzene rings is 3. The number of para-hydroxylation sites is 1. The molecule has 1 aliphatic heterocycles. The highest BCUT2D eigenvalue weighted by Gasteiger charge is 2.41. The summed E-state index contributed by atoms with van der Waals surface area (Å²) in [6.07, 6.45) is 2.05. The first-order valence-corrected chi connectivity index (χ1v) is 8.64. The first kappa shape index (κ1) is 14.9. The van der Waals surface area contributed by atoms with E-state index in [2.05, 4.69) is 4.98 Å². The van der Waals surface area contributed by atoms with E-state index in [9.17, 15) is 9.59 Å². The zero-order valence-electron chi connectivity index (χ0n) is 14.0. The maximum Gasteiger partial charge on any atom is 0.241 e. The van der Waals surface area contributed by atoms with E-state index in [0.717, 1.165) is 27.2 Å². The fourth-order valence-electron chi connectivity index (χ4n) is 3.84. The van der Waals surface area contributed by atoms with Gasteiger partial charge >= 0.3 is 0 Å². The second kappa shape index (κ2) is 5.56. The lowest BCUT2D eigenvalue weighted by molar-refractivity contribution is -0.121. The van der Waals surface area contributed by atoms with Gasteiger partial charge in [0.2, 0.25) is 11.8 Å². The molecule has 2 heterocycles. The first-order valence-electron chi connectivity index (χ1n) is 8.64. The van der Waals surface area contributed by atoms with Crippen LogP contribution in [0.4, 0.5) is 5.69 Å². The second-order valence-corrected chi connectivity index (χ2v) is 6.65. The van der Waals surface area contributed by atoms with Crippen LogP contribution in [0.2, 0.25) is 0 Å². The molecular formula is C22H16N2O2. The number of nitrogens with one attached hydrogen (secondary N) is 1. The third-order valence-corrected chi connectivity index (χ3v) is 5.13. The summed E-state index contributed by atoms with van der Waals surface area (Å²) in [5.41, 5.74) is 2.51. The van der Waals surface area contributed by atoms with Gasteiger partial charge in [0.15, 0.2) is 0 Å². The highest BCUT2D eigenvalue weighted by molar-refractivity contribution is 6.23. The predicted molar refractivity (Wildman–Crippen MR) is 102 cm³/mol. The molecule has 0 aliphatic carbocycles. The van der Waals surface area contributed by atoms with Crippen LogP contribution in [-0.2, 0) is 9.59 Å².